The van der Waals surface area contributed by atoms with Gasteiger partial charge >= 0.3 is 0 Å². The van der Waals surface area contributed by atoms with Crippen molar-refractivity contribution >= 4 is 11.8 Å². The molecular formula is C19H32N2O3. The monoisotopic (exact) mass is 336 g/mol. The molecule has 136 valence electrons. The van der Waals surface area contributed by atoms with Crippen LogP contribution in [0, 0.1) is 13.8 Å². The molecule has 0 fully saturated rings. The van der Waals surface area contributed by atoms with Gasteiger partial charge < -0.3 is 14.6 Å². The van der Waals surface area contributed by atoms with E-state index in [4.69, 9.17) is 4.42 Å². The van der Waals surface area contributed by atoms with E-state index in [-0.39, 0.29) is 17.9 Å². The van der Waals surface area contributed by atoms with E-state index < -0.39 is 0 Å². The number of furan rings is 1. The van der Waals surface area contributed by atoms with Crippen LogP contribution in [0.25, 0.3) is 0 Å². The summed E-state index contributed by atoms with van der Waals surface area (Å²) in [4.78, 5) is 26.6. The highest BCUT2D eigenvalue weighted by Gasteiger charge is 2.24. The van der Waals surface area contributed by atoms with Crippen LogP contribution in [-0.2, 0) is 4.79 Å². The molecule has 0 radical (unpaired) electrons. The number of nitrogens with zero attached hydrogens (tertiary/aromatic N) is 1. The first-order valence-corrected chi connectivity index (χ1v) is 9.05. The predicted octanol–water partition coefficient (Wildman–Crippen LogP) is 3.83. The summed E-state index contributed by atoms with van der Waals surface area (Å²) < 4.78 is 5.47. The Hall–Kier alpha value is -1.78. The van der Waals surface area contributed by atoms with Crippen molar-refractivity contribution in [3.05, 3.63) is 23.2 Å². The summed E-state index contributed by atoms with van der Waals surface area (Å²) in [6, 6.07) is 1.86. The van der Waals surface area contributed by atoms with Gasteiger partial charge in [-0.2, -0.15) is 0 Å². The predicted molar refractivity (Wildman–Crippen MR) is 96.1 cm³/mol. The van der Waals surface area contributed by atoms with Gasteiger partial charge in [-0.05, 0) is 39.7 Å². The van der Waals surface area contributed by atoms with Crippen LogP contribution in [-0.4, -0.2) is 35.8 Å². The van der Waals surface area contributed by atoms with E-state index in [0.29, 0.717) is 30.8 Å². The van der Waals surface area contributed by atoms with Crippen LogP contribution in [0.1, 0.15) is 74.8 Å². The molecule has 0 aliphatic rings. The van der Waals surface area contributed by atoms with E-state index in [1.165, 1.54) is 0 Å². The lowest BCUT2D eigenvalue weighted by molar-refractivity contribution is -0.121. The normalized spacial score (nSPS) is 12.0. The molecule has 0 aromatic carbocycles. The van der Waals surface area contributed by atoms with Crippen LogP contribution in [0.2, 0.25) is 0 Å². The average molecular weight is 336 g/mol. The Bertz CT molecular complexity index is 537. The first kappa shape index (κ1) is 20.3. The molecule has 2 amide bonds. The van der Waals surface area contributed by atoms with Crippen molar-refractivity contribution in [1.82, 2.24) is 10.2 Å². The van der Waals surface area contributed by atoms with Gasteiger partial charge in [-0.3, -0.25) is 9.59 Å². The molecular weight excluding hydrogens is 304 g/mol. The molecule has 24 heavy (non-hydrogen) atoms. The minimum absolute atomic E-state index is 0.00676. The Balaban J connectivity index is 2.64. The fraction of sp³-hybridized carbons (Fsp3) is 0.684. The largest absolute Gasteiger partial charge is 0.466 e. The van der Waals surface area contributed by atoms with Gasteiger partial charge in [-0.1, -0.05) is 26.7 Å². The zero-order chi connectivity index (χ0) is 18.1. The van der Waals surface area contributed by atoms with Gasteiger partial charge in [0.15, 0.2) is 0 Å². The highest BCUT2D eigenvalue weighted by molar-refractivity contribution is 5.95. The Morgan fingerprint density at radius 1 is 1.25 bits per heavy atom. The number of amides is 2. The van der Waals surface area contributed by atoms with Gasteiger partial charge in [-0.25, -0.2) is 0 Å². The van der Waals surface area contributed by atoms with E-state index in [1.54, 1.807) is 17.9 Å². The SMILES string of the molecule is CCCCCNC(=O)CCN(C(=O)c1cc(C)oc1C)[C@@H](C)CC. The second-order valence-electron chi connectivity index (χ2n) is 6.39. The van der Waals surface area contributed by atoms with Gasteiger partial charge in [0.05, 0.1) is 5.56 Å². The third-order valence-electron chi connectivity index (χ3n) is 4.34. The molecule has 0 aliphatic carbocycles. The molecule has 1 N–H and O–H groups in total. The third-order valence-corrected chi connectivity index (χ3v) is 4.34. The van der Waals surface area contributed by atoms with Crippen molar-refractivity contribution in [3.63, 3.8) is 0 Å². The summed E-state index contributed by atoms with van der Waals surface area (Å²) >= 11 is 0. The van der Waals surface area contributed by atoms with Crippen LogP contribution in [0.3, 0.4) is 0 Å². The highest BCUT2D eigenvalue weighted by atomic mass is 16.3. The number of aryl methyl sites for hydroxylation is 2. The van der Waals surface area contributed by atoms with Gasteiger partial charge in [-0.15, -0.1) is 0 Å². The lowest BCUT2D eigenvalue weighted by Crippen LogP contribution is -2.41. The van der Waals surface area contributed by atoms with Crippen LogP contribution < -0.4 is 5.32 Å². The van der Waals surface area contributed by atoms with E-state index in [0.717, 1.165) is 31.4 Å². The molecule has 0 saturated heterocycles. The van der Waals surface area contributed by atoms with Gasteiger partial charge in [0.1, 0.15) is 11.5 Å². The number of carbonyl (C=O) groups is 2. The van der Waals surface area contributed by atoms with E-state index >= 15 is 0 Å². The summed E-state index contributed by atoms with van der Waals surface area (Å²) in [5.41, 5.74) is 0.594. The standard InChI is InChI=1S/C19H32N2O3/c1-6-8-9-11-20-18(22)10-12-21(14(3)7-2)19(23)17-13-15(4)24-16(17)5/h13-14H,6-12H2,1-5H3,(H,20,22)/t14-/m0/s1. The number of nitrogens with one attached hydrogen (secondary N) is 1. The molecule has 0 saturated carbocycles. The summed E-state index contributed by atoms with van der Waals surface area (Å²) in [6.45, 7) is 11.0. The maximum absolute atomic E-state index is 12.8. The summed E-state index contributed by atoms with van der Waals surface area (Å²) in [6.07, 6.45) is 4.44. The van der Waals surface area contributed by atoms with Crippen molar-refractivity contribution in [2.75, 3.05) is 13.1 Å². The number of carbonyl (C=O) groups excluding carboxylic acids is 2. The second kappa shape index (κ2) is 10.2. The zero-order valence-corrected chi connectivity index (χ0v) is 15.8. The Labute approximate surface area is 145 Å². The maximum atomic E-state index is 12.8. The highest BCUT2D eigenvalue weighted by Crippen LogP contribution is 2.18. The molecule has 1 rings (SSSR count). The minimum Gasteiger partial charge on any atom is -0.466 e. The molecule has 0 aliphatic heterocycles. The maximum Gasteiger partial charge on any atom is 0.257 e. The quantitative estimate of drug-likeness (QED) is 0.660. The average Bonchev–Trinajstić information content (AvgIpc) is 2.89. The lowest BCUT2D eigenvalue weighted by Gasteiger charge is -2.28. The van der Waals surface area contributed by atoms with Crippen molar-refractivity contribution in [1.29, 1.82) is 0 Å². The van der Waals surface area contributed by atoms with Gasteiger partial charge in [0, 0.05) is 25.6 Å². The fourth-order valence-electron chi connectivity index (χ4n) is 2.65. The Morgan fingerprint density at radius 3 is 2.50 bits per heavy atom. The first-order valence-electron chi connectivity index (χ1n) is 9.05. The molecule has 1 atom stereocenters. The third kappa shape index (κ3) is 6.02. The van der Waals surface area contributed by atoms with Gasteiger partial charge in [0.25, 0.3) is 5.91 Å². The molecule has 0 bridgehead atoms. The lowest BCUT2D eigenvalue weighted by atomic mass is 10.1. The Kier molecular flexibility index (Phi) is 8.58. The summed E-state index contributed by atoms with van der Waals surface area (Å²) in [5, 5.41) is 2.93. The molecule has 0 spiro atoms. The topological polar surface area (TPSA) is 62.6 Å². The molecule has 5 nitrogen and oxygen atoms in total. The number of hydrogen-bond donors (Lipinski definition) is 1. The molecule has 0 unspecified atom stereocenters. The molecule has 5 heteroatoms. The van der Waals surface area contributed by atoms with Crippen molar-refractivity contribution in [2.45, 2.75) is 72.8 Å². The van der Waals surface area contributed by atoms with Gasteiger partial charge in [0.2, 0.25) is 5.91 Å². The van der Waals surface area contributed by atoms with Crippen LogP contribution >= 0.6 is 0 Å². The smallest absolute Gasteiger partial charge is 0.257 e. The zero-order valence-electron chi connectivity index (χ0n) is 15.8. The molecule has 1 aromatic heterocycles. The van der Waals surface area contributed by atoms with Crippen LogP contribution in [0.5, 0.6) is 0 Å². The summed E-state index contributed by atoms with van der Waals surface area (Å²) in [7, 11) is 0. The van der Waals surface area contributed by atoms with E-state index in [9.17, 15) is 9.59 Å². The number of rotatable bonds is 10. The number of hydrogen-bond acceptors (Lipinski definition) is 3. The molecule has 1 heterocycles. The minimum atomic E-state index is -0.0579. The van der Waals surface area contributed by atoms with Crippen molar-refractivity contribution in [2.24, 2.45) is 0 Å². The Morgan fingerprint density at radius 2 is 1.96 bits per heavy atom. The molecule has 1 aromatic rings. The van der Waals surface area contributed by atoms with E-state index in [2.05, 4.69) is 12.2 Å². The van der Waals surface area contributed by atoms with Crippen LogP contribution in [0.4, 0.5) is 0 Å². The van der Waals surface area contributed by atoms with Crippen LogP contribution in [0.15, 0.2) is 10.5 Å². The first-order chi connectivity index (χ1) is 11.4. The fourth-order valence-corrected chi connectivity index (χ4v) is 2.65. The second-order valence-corrected chi connectivity index (χ2v) is 6.39. The van der Waals surface area contributed by atoms with Crippen molar-refractivity contribution in [3.8, 4) is 0 Å². The number of unbranched alkanes of at least 4 members (excludes halogenated alkanes) is 2. The van der Waals surface area contributed by atoms with Crippen molar-refractivity contribution < 1.29 is 14.0 Å². The van der Waals surface area contributed by atoms with E-state index in [1.807, 2.05) is 20.8 Å². The summed E-state index contributed by atoms with van der Waals surface area (Å²) in [5.74, 6) is 1.31.